The molecule has 2 heterocycles. The Morgan fingerprint density at radius 2 is 2.50 bits per heavy atom. The molecule has 0 unspecified atom stereocenters. The highest BCUT2D eigenvalue weighted by atomic mass is 16.7. The summed E-state index contributed by atoms with van der Waals surface area (Å²) in [6.45, 7) is 1.34. The van der Waals surface area contributed by atoms with Crippen LogP contribution in [0.5, 0.6) is 0 Å². The second-order valence-corrected chi connectivity index (χ2v) is 3.04. The lowest BCUT2D eigenvalue weighted by molar-refractivity contribution is -0.141. The third kappa shape index (κ3) is 2.06. The number of carbonyl (C=O) groups is 1. The predicted molar refractivity (Wildman–Crippen MR) is 52.7 cm³/mol. The Morgan fingerprint density at radius 1 is 1.69 bits per heavy atom. The van der Waals surface area contributed by atoms with E-state index in [1.165, 1.54) is 10.8 Å². The van der Waals surface area contributed by atoms with Gasteiger partial charge >= 0.3 is 5.97 Å². The summed E-state index contributed by atoms with van der Waals surface area (Å²) in [7, 11) is 0. The second-order valence-electron chi connectivity index (χ2n) is 3.04. The number of rotatable bonds is 4. The van der Waals surface area contributed by atoms with Gasteiger partial charge in [0.05, 0.1) is 0 Å². The minimum absolute atomic E-state index is 0.418. The van der Waals surface area contributed by atoms with Crippen molar-refractivity contribution in [3.63, 3.8) is 0 Å². The third-order valence-corrected chi connectivity index (χ3v) is 1.75. The molecule has 0 radical (unpaired) electrons. The van der Waals surface area contributed by atoms with E-state index in [1.807, 2.05) is 0 Å². The molecule has 0 atom stereocenters. The van der Waals surface area contributed by atoms with E-state index < -0.39 is 12.6 Å². The molecule has 2 aromatic rings. The van der Waals surface area contributed by atoms with E-state index in [9.17, 15) is 4.79 Å². The highest BCUT2D eigenvalue weighted by Crippen LogP contribution is 2.09. The van der Waals surface area contributed by atoms with E-state index in [4.69, 9.17) is 9.94 Å². The number of nitrogens with zero attached hydrogens (tertiary/aromatic N) is 4. The van der Waals surface area contributed by atoms with Gasteiger partial charge in [-0.1, -0.05) is 0 Å². The third-order valence-electron chi connectivity index (χ3n) is 1.75. The average molecular weight is 223 g/mol. The minimum atomic E-state index is -1.06. The van der Waals surface area contributed by atoms with Gasteiger partial charge in [-0.3, -0.25) is 4.84 Å². The van der Waals surface area contributed by atoms with Crippen LogP contribution < -0.4 is 5.48 Å². The number of aromatic nitrogens is 4. The van der Waals surface area contributed by atoms with Crippen molar-refractivity contribution in [2.24, 2.45) is 0 Å². The van der Waals surface area contributed by atoms with Gasteiger partial charge in [0, 0.05) is 11.8 Å². The Balaban J connectivity index is 2.22. The quantitative estimate of drug-likeness (QED) is 0.695. The summed E-state index contributed by atoms with van der Waals surface area (Å²) in [5.74, 6) is -0.171. The molecule has 2 N–H and O–H groups in total. The molecule has 8 heteroatoms. The summed E-state index contributed by atoms with van der Waals surface area (Å²) >= 11 is 0. The predicted octanol–water partition coefficient (Wildman–Crippen LogP) is -0.139. The lowest BCUT2D eigenvalue weighted by Gasteiger charge is -2.06. The Hall–Kier alpha value is -2.22. The zero-order valence-corrected chi connectivity index (χ0v) is 8.41. The largest absolute Gasteiger partial charge is 0.479 e. The first-order valence-corrected chi connectivity index (χ1v) is 4.44. The van der Waals surface area contributed by atoms with Crippen LogP contribution in [-0.4, -0.2) is 37.3 Å². The highest BCUT2D eigenvalue weighted by Gasteiger charge is 2.05. The van der Waals surface area contributed by atoms with Crippen molar-refractivity contribution in [1.29, 1.82) is 0 Å². The van der Waals surface area contributed by atoms with Gasteiger partial charge in [-0.2, -0.15) is 14.6 Å². The second kappa shape index (κ2) is 4.11. The molecule has 2 aromatic heterocycles. The van der Waals surface area contributed by atoms with E-state index in [0.717, 1.165) is 5.69 Å². The summed E-state index contributed by atoms with van der Waals surface area (Å²) in [4.78, 5) is 23.0. The Morgan fingerprint density at radius 3 is 3.25 bits per heavy atom. The number of hydrogen-bond donors (Lipinski definition) is 2. The van der Waals surface area contributed by atoms with Crippen LogP contribution in [0.3, 0.4) is 0 Å². The summed E-state index contributed by atoms with van der Waals surface area (Å²) in [6.07, 6.45) is 1.35. The number of anilines is 1. The molecule has 0 aliphatic rings. The van der Waals surface area contributed by atoms with Crippen LogP contribution in [0.1, 0.15) is 5.69 Å². The molecule has 84 valence electrons. The van der Waals surface area contributed by atoms with E-state index in [0.29, 0.717) is 11.6 Å². The maximum absolute atomic E-state index is 10.3. The number of carboxylic acids is 1. The van der Waals surface area contributed by atoms with Crippen LogP contribution >= 0.6 is 0 Å². The Kier molecular flexibility index (Phi) is 2.64. The van der Waals surface area contributed by atoms with E-state index in [1.54, 1.807) is 13.0 Å². The lowest BCUT2D eigenvalue weighted by atomic mass is 10.4. The van der Waals surface area contributed by atoms with Crippen molar-refractivity contribution in [2.75, 3.05) is 12.1 Å². The molecule has 0 aromatic carbocycles. The molecule has 0 aliphatic heterocycles. The molecule has 0 aliphatic carbocycles. The SMILES string of the molecule is Cc1cc(NOCC(=O)O)n2ncnc2n1. The van der Waals surface area contributed by atoms with Gasteiger partial charge in [0.2, 0.25) is 0 Å². The number of carboxylic acid groups (broad SMARTS) is 1. The van der Waals surface area contributed by atoms with E-state index in [-0.39, 0.29) is 0 Å². The van der Waals surface area contributed by atoms with Gasteiger partial charge < -0.3 is 5.11 Å². The van der Waals surface area contributed by atoms with Crippen molar-refractivity contribution in [1.82, 2.24) is 19.6 Å². The number of nitrogens with one attached hydrogen (secondary N) is 1. The maximum atomic E-state index is 10.3. The number of aryl methyl sites for hydroxylation is 1. The van der Waals surface area contributed by atoms with E-state index >= 15 is 0 Å². The Labute approximate surface area is 89.8 Å². The summed E-state index contributed by atoms with van der Waals surface area (Å²) in [6, 6.07) is 1.67. The van der Waals surface area contributed by atoms with Crippen molar-refractivity contribution in [3.05, 3.63) is 18.1 Å². The van der Waals surface area contributed by atoms with Crippen molar-refractivity contribution < 1.29 is 14.7 Å². The fourth-order valence-electron chi connectivity index (χ4n) is 1.18. The molecule has 0 saturated carbocycles. The molecular formula is C8H9N5O3. The maximum Gasteiger partial charge on any atom is 0.332 e. The molecule has 0 fully saturated rings. The van der Waals surface area contributed by atoms with Gasteiger partial charge in [0.1, 0.15) is 6.33 Å². The van der Waals surface area contributed by atoms with Crippen LogP contribution in [0.25, 0.3) is 5.78 Å². The van der Waals surface area contributed by atoms with Crippen LogP contribution in [0.4, 0.5) is 5.82 Å². The van der Waals surface area contributed by atoms with Crippen LogP contribution in [0, 0.1) is 6.92 Å². The standard InChI is InChI=1S/C8H9N5O3/c1-5-2-6(12-16-3-7(14)15)13-8(11-5)9-4-10-13/h2,4,12H,3H2,1H3,(H,14,15). The normalized spacial score (nSPS) is 10.6. The van der Waals surface area contributed by atoms with Gasteiger partial charge in [-0.05, 0) is 6.92 Å². The summed E-state index contributed by atoms with van der Waals surface area (Å²) in [5, 5.41) is 12.3. The van der Waals surface area contributed by atoms with Gasteiger partial charge in [-0.15, -0.1) is 0 Å². The molecule has 16 heavy (non-hydrogen) atoms. The molecule has 0 bridgehead atoms. The molecule has 8 nitrogen and oxygen atoms in total. The zero-order valence-electron chi connectivity index (χ0n) is 8.41. The first kappa shape index (κ1) is 10.3. The summed E-state index contributed by atoms with van der Waals surface area (Å²) in [5.41, 5.74) is 3.21. The zero-order chi connectivity index (χ0) is 11.5. The van der Waals surface area contributed by atoms with Crippen molar-refractivity contribution in [3.8, 4) is 0 Å². The molecule has 2 rings (SSSR count). The van der Waals surface area contributed by atoms with Crippen LogP contribution in [0.2, 0.25) is 0 Å². The topological polar surface area (TPSA) is 102 Å². The molecular weight excluding hydrogens is 214 g/mol. The van der Waals surface area contributed by atoms with Gasteiger partial charge in [0.25, 0.3) is 5.78 Å². The average Bonchev–Trinajstić information content (AvgIpc) is 2.64. The van der Waals surface area contributed by atoms with Crippen LogP contribution in [-0.2, 0) is 9.63 Å². The minimum Gasteiger partial charge on any atom is -0.479 e. The van der Waals surface area contributed by atoms with Crippen molar-refractivity contribution in [2.45, 2.75) is 6.92 Å². The molecule has 0 saturated heterocycles. The smallest absolute Gasteiger partial charge is 0.332 e. The highest BCUT2D eigenvalue weighted by molar-refractivity contribution is 5.68. The van der Waals surface area contributed by atoms with Gasteiger partial charge in [0.15, 0.2) is 12.4 Å². The fraction of sp³-hybridized carbons (Fsp3) is 0.250. The molecule has 0 spiro atoms. The number of hydrogen-bond acceptors (Lipinski definition) is 6. The van der Waals surface area contributed by atoms with Crippen molar-refractivity contribution >= 4 is 17.6 Å². The van der Waals surface area contributed by atoms with Crippen LogP contribution in [0.15, 0.2) is 12.4 Å². The first-order chi connectivity index (χ1) is 7.66. The number of aliphatic carboxylic acids is 1. The fourth-order valence-corrected chi connectivity index (χ4v) is 1.18. The monoisotopic (exact) mass is 223 g/mol. The van der Waals surface area contributed by atoms with Gasteiger partial charge in [-0.25, -0.2) is 15.3 Å². The van der Waals surface area contributed by atoms with E-state index in [2.05, 4.69) is 20.5 Å². The first-order valence-electron chi connectivity index (χ1n) is 4.44. The number of fused-ring (bicyclic) bond motifs is 1. The summed E-state index contributed by atoms with van der Waals surface area (Å²) < 4.78 is 1.41. The Bertz CT molecular complexity index is 523. The lowest BCUT2D eigenvalue weighted by Crippen LogP contribution is -2.13. The molecule has 0 amide bonds.